The molecule has 0 spiro atoms. The molecule has 2 aromatic carbocycles. The van der Waals surface area contributed by atoms with Crippen LogP contribution in [0.5, 0.6) is 5.75 Å². The normalized spacial score (nSPS) is 15.0. The van der Waals surface area contributed by atoms with Gasteiger partial charge in [-0.25, -0.2) is 13.2 Å². The van der Waals surface area contributed by atoms with Crippen molar-refractivity contribution < 1.29 is 36.2 Å². The Morgan fingerprint density at radius 1 is 1.05 bits per heavy atom. The van der Waals surface area contributed by atoms with Crippen LogP contribution in [0, 0.1) is 17.7 Å². The first-order chi connectivity index (χ1) is 20.0. The Balaban J connectivity index is 2.16. The molecule has 1 aromatic heterocycles. The van der Waals surface area contributed by atoms with Crippen molar-refractivity contribution in [1.82, 2.24) is 15.6 Å². The minimum atomic E-state index is -3.53. The van der Waals surface area contributed by atoms with Gasteiger partial charge in [0.05, 0.1) is 24.1 Å². The summed E-state index contributed by atoms with van der Waals surface area (Å²) < 4.78 is 86.6. The molecule has 12 heteroatoms. The molecule has 3 rings (SSSR count). The van der Waals surface area contributed by atoms with Gasteiger partial charge in [-0.3, -0.25) is 24.4 Å². The van der Waals surface area contributed by atoms with E-state index in [2.05, 4.69) is 27.5 Å². The van der Waals surface area contributed by atoms with E-state index in [1.807, 2.05) is 0 Å². The molecule has 3 atom stereocenters. The van der Waals surface area contributed by atoms with Crippen LogP contribution in [0.3, 0.4) is 0 Å². The zero-order chi connectivity index (χ0) is 30.8. The van der Waals surface area contributed by atoms with Crippen LogP contribution in [0.1, 0.15) is 36.6 Å². The molecule has 42 heavy (non-hydrogen) atoms. The lowest BCUT2D eigenvalue weighted by Crippen LogP contribution is -2.52. The molecule has 0 radical (unpaired) electrons. The first-order valence-corrected chi connectivity index (χ1v) is 13.3. The number of hydrogen-bond donors (Lipinski definition) is 3. The van der Waals surface area contributed by atoms with Crippen molar-refractivity contribution >= 4 is 11.6 Å². The number of alkyl halides is 5. The Hall–Kier alpha value is -3.30. The summed E-state index contributed by atoms with van der Waals surface area (Å²) in [6, 6.07) is 13.9. The number of aromatic nitrogens is 1. The Bertz CT molecular complexity index is 1330. The number of halogens is 7. The Morgan fingerprint density at radius 3 is 2.33 bits per heavy atom. The predicted octanol–water partition coefficient (Wildman–Crippen LogP) is 6.08. The maximum absolute atomic E-state index is 15.0. The number of pyridine rings is 1. The lowest BCUT2D eigenvalue weighted by molar-refractivity contribution is -0.152. The van der Waals surface area contributed by atoms with Crippen molar-refractivity contribution in [3.63, 3.8) is 0 Å². The lowest BCUT2D eigenvalue weighted by Gasteiger charge is -2.32. The molecule has 0 bridgehead atoms. The Kier molecular flexibility index (Phi) is 12.1. The van der Waals surface area contributed by atoms with Crippen LogP contribution in [0.15, 0.2) is 66.9 Å². The molecule has 0 amide bonds. The maximum atomic E-state index is 15.0. The van der Waals surface area contributed by atoms with E-state index < -0.39 is 55.0 Å². The summed E-state index contributed by atoms with van der Waals surface area (Å²) in [5.41, 5.74) is -0.851. The number of aliphatic hydroxyl groups excluding tert-OH is 1. The fourth-order valence-electron chi connectivity index (χ4n) is 4.10. The molecule has 226 valence electrons. The predicted molar refractivity (Wildman–Crippen MR) is 148 cm³/mol. The summed E-state index contributed by atoms with van der Waals surface area (Å²) in [4.78, 5) is 4.37. The van der Waals surface area contributed by atoms with Gasteiger partial charge in [-0.15, -0.1) is 0 Å². The zero-order valence-corrected chi connectivity index (χ0v) is 23.3. The summed E-state index contributed by atoms with van der Waals surface area (Å²) in [6.07, 6.45) is -3.84. The second kappa shape index (κ2) is 15.3. The van der Waals surface area contributed by atoms with Gasteiger partial charge >= 0.3 is 12.3 Å². The lowest BCUT2D eigenvalue weighted by atomic mass is 9.77. The SMILES string of the molecule is CC(F)(Oc1cc(F)cc([C@](C#Cc2ccccc2)(CNC(O)NC(CCF)CCF)c2ccc(Cl)cn2)c1)C(F)F. The monoisotopic (exact) mass is 613 g/mol. The molecule has 0 aliphatic rings. The first-order valence-electron chi connectivity index (χ1n) is 13.0. The van der Waals surface area contributed by atoms with Gasteiger partial charge < -0.3 is 9.84 Å². The molecule has 0 aliphatic carbocycles. The summed E-state index contributed by atoms with van der Waals surface area (Å²) in [6.45, 7) is -1.27. The van der Waals surface area contributed by atoms with E-state index in [0.717, 1.165) is 18.2 Å². The highest BCUT2D eigenvalue weighted by Gasteiger charge is 2.39. The third-order valence-corrected chi connectivity index (χ3v) is 6.52. The molecule has 0 aliphatic heterocycles. The van der Waals surface area contributed by atoms with Crippen molar-refractivity contribution in [1.29, 1.82) is 0 Å². The van der Waals surface area contributed by atoms with Gasteiger partial charge in [0.2, 0.25) is 0 Å². The van der Waals surface area contributed by atoms with Crippen LogP contribution >= 0.6 is 11.6 Å². The van der Waals surface area contributed by atoms with E-state index in [0.29, 0.717) is 12.5 Å². The molecule has 3 N–H and O–H groups in total. The highest BCUT2D eigenvalue weighted by atomic mass is 35.5. The van der Waals surface area contributed by atoms with Crippen LogP contribution in [0.25, 0.3) is 0 Å². The van der Waals surface area contributed by atoms with Crippen LogP contribution in [0.2, 0.25) is 5.02 Å². The first kappa shape index (κ1) is 33.2. The third kappa shape index (κ3) is 9.10. The molecular formula is C30H30ClF6N3O2. The van der Waals surface area contributed by atoms with Crippen LogP contribution in [0.4, 0.5) is 26.3 Å². The summed E-state index contributed by atoms with van der Waals surface area (Å²) in [5.74, 6) is 1.13. The number of benzene rings is 2. The molecule has 5 nitrogen and oxygen atoms in total. The van der Waals surface area contributed by atoms with Gasteiger partial charge in [-0.2, -0.15) is 4.39 Å². The van der Waals surface area contributed by atoms with E-state index in [-0.39, 0.29) is 35.7 Å². The number of hydrogen-bond acceptors (Lipinski definition) is 5. The van der Waals surface area contributed by atoms with Crippen molar-refractivity contribution in [2.75, 3.05) is 19.9 Å². The summed E-state index contributed by atoms with van der Waals surface area (Å²) in [5, 5.41) is 16.4. The average molecular weight is 614 g/mol. The molecule has 0 fully saturated rings. The number of nitrogens with zero attached hydrogens (tertiary/aromatic N) is 1. The molecule has 1 heterocycles. The van der Waals surface area contributed by atoms with Crippen molar-refractivity contribution in [2.45, 2.75) is 49.9 Å². The number of aliphatic hydroxyl groups is 1. The quantitative estimate of drug-likeness (QED) is 0.117. The van der Waals surface area contributed by atoms with E-state index in [4.69, 9.17) is 16.3 Å². The van der Waals surface area contributed by atoms with Gasteiger partial charge in [0, 0.05) is 37.3 Å². The minimum Gasteiger partial charge on any atom is -0.452 e. The van der Waals surface area contributed by atoms with Crippen LogP contribution < -0.4 is 15.4 Å². The summed E-state index contributed by atoms with van der Waals surface area (Å²) >= 11 is 6.06. The Morgan fingerprint density at radius 2 is 1.74 bits per heavy atom. The van der Waals surface area contributed by atoms with Gasteiger partial charge in [-0.05, 0) is 54.8 Å². The minimum absolute atomic E-state index is 0.0181. The summed E-state index contributed by atoms with van der Waals surface area (Å²) in [7, 11) is 0. The van der Waals surface area contributed by atoms with E-state index in [1.54, 1.807) is 30.3 Å². The number of ether oxygens (including phenoxy) is 1. The van der Waals surface area contributed by atoms with Gasteiger partial charge in [0.1, 0.15) is 17.0 Å². The van der Waals surface area contributed by atoms with Gasteiger partial charge in [-0.1, -0.05) is 41.6 Å². The van der Waals surface area contributed by atoms with Crippen LogP contribution in [-0.4, -0.2) is 54.7 Å². The van der Waals surface area contributed by atoms with Crippen molar-refractivity contribution in [3.05, 3.63) is 94.5 Å². The molecule has 0 saturated carbocycles. The highest BCUT2D eigenvalue weighted by Crippen LogP contribution is 2.36. The fraction of sp³-hybridized carbons (Fsp3) is 0.367. The third-order valence-electron chi connectivity index (χ3n) is 6.30. The Labute approximate surface area is 245 Å². The zero-order valence-electron chi connectivity index (χ0n) is 22.6. The second-order valence-electron chi connectivity index (χ2n) is 9.55. The van der Waals surface area contributed by atoms with Crippen LogP contribution in [-0.2, 0) is 5.41 Å². The molecular weight excluding hydrogens is 584 g/mol. The van der Waals surface area contributed by atoms with E-state index in [9.17, 15) is 31.4 Å². The number of nitrogens with one attached hydrogen (secondary N) is 2. The topological polar surface area (TPSA) is 66.4 Å². The second-order valence-corrected chi connectivity index (χ2v) is 9.99. The van der Waals surface area contributed by atoms with E-state index >= 15 is 0 Å². The smallest absolute Gasteiger partial charge is 0.306 e. The van der Waals surface area contributed by atoms with Gasteiger partial charge in [0.15, 0.2) is 6.35 Å². The van der Waals surface area contributed by atoms with Gasteiger partial charge in [0.25, 0.3) is 0 Å². The fourth-order valence-corrected chi connectivity index (χ4v) is 4.21. The van der Waals surface area contributed by atoms with Crippen molar-refractivity contribution in [2.24, 2.45) is 0 Å². The largest absolute Gasteiger partial charge is 0.452 e. The maximum Gasteiger partial charge on any atom is 0.306 e. The standard InChI is InChI=1S/C30H30ClF6N3O2/c1-29(37,27(35)36)42-25-16-21(15-23(34)17-25)30(26-8-7-22(31)18-38-26,12-9-20-5-3-2-4-6-20)19-39-28(41)40-24(10-13-32)11-14-33/h2-8,15-18,24,27-28,39-41H,10-11,13-14,19H2,1H3/t28?,29?,30-/m0/s1. The van der Waals surface area contributed by atoms with E-state index in [1.165, 1.54) is 18.3 Å². The average Bonchev–Trinajstić information content (AvgIpc) is 2.94. The number of rotatable bonds is 14. The van der Waals surface area contributed by atoms with Crippen molar-refractivity contribution in [3.8, 4) is 17.6 Å². The molecule has 2 unspecified atom stereocenters. The highest BCUT2D eigenvalue weighted by molar-refractivity contribution is 6.30. The molecule has 3 aromatic rings. The molecule has 0 saturated heterocycles.